The molecule has 13 heteroatoms. The van der Waals surface area contributed by atoms with Gasteiger partial charge in [0.2, 0.25) is 5.91 Å². The molecule has 0 bridgehead atoms. The van der Waals surface area contributed by atoms with E-state index in [2.05, 4.69) is 20.0 Å². The number of piperidine rings is 1. The normalized spacial score (nSPS) is 22.2. The Kier molecular flexibility index (Phi) is 7.15. The van der Waals surface area contributed by atoms with Crippen molar-refractivity contribution in [2.45, 2.75) is 57.7 Å². The second-order valence-corrected chi connectivity index (χ2v) is 9.66. The zero-order valence-electron chi connectivity index (χ0n) is 20.2. The molecule has 3 atom stereocenters. The molecule has 0 saturated carbocycles. The number of ether oxygens (including phenoxy) is 1. The van der Waals surface area contributed by atoms with E-state index in [0.717, 1.165) is 11.5 Å². The van der Waals surface area contributed by atoms with Crippen molar-refractivity contribution < 1.29 is 23.9 Å². The van der Waals surface area contributed by atoms with Crippen molar-refractivity contribution in [2.75, 3.05) is 20.2 Å². The second-order valence-electron chi connectivity index (χ2n) is 8.90. The molecule has 2 fully saturated rings. The highest BCUT2D eigenvalue weighted by Gasteiger charge is 2.44. The number of aromatic nitrogens is 4. The number of likely N-dealkylation sites (tertiary alicyclic amines) is 2. The van der Waals surface area contributed by atoms with Crippen LogP contribution < -0.4 is 5.32 Å². The van der Waals surface area contributed by atoms with Crippen molar-refractivity contribution in [2.24, 2.45) is 7.05 Å². The number of hydrogen-bond acceptors (Lipinski definition) is 9. The van der Waals surface area contributed by atoms with Crippen LogP contribution in [0.2, 0.25) is 0 Å². The first-order valence-electron chi connectivity index (χ1n) is 11.5. The summed E-state index contributed by atoms with van der Waals surface area (Å²) in [5.74, 6) is -1.40. The molecule has 12 nitrogen and oxygen atoms in total. The molecular formula is C22H29N7O5S. The summed E-state index contributed by atoms with van der Waals surface area (Å²) in [5, 5.41) is 11.1. The first-order valence-corrected chi connectivity index (χ1v) is 12.3. The summed E-state index contributed by atoms with van der Waals surface area (Å²) in [7, 11) is 2.98. The van der Waals surface area contributed by atoms with E-state index in [-0.39, 0.29) is 36.7 Å². The molecule has 2 saturated heterocycles. The SMILES string of the molecule is COC(=O)C1CCCN1C(=O)C1CC(NC(=O)c2snnc2C)CCN1C(=O)c1cc(C)nn1C. The molecule has 0 aliphatic carbocycles. The first-order chi connectivity index (χ1) is 16.7. The predicted octanol–water partition coefficient (Wildman–Crippen LogP) is 0.456. The standard InChI is InChI=1S/C22H29N7O5S/c1-12-10-16(27(3)25-12)20(31)29-9-7-14(23-19(30)18-13(2)24-26-35-18)11-17(29)21(32)28-8-5-6-15(28)22(33)34-4/h10,14-15,17H,5-9,11H2,1-4H3,(H,23,30). The van der Waals surface area contributed by atoms with Gasteiger partial charge in [0.15, 0.2) is 0 Å². The minimum Gasteiger partial charge on any atom is -0.467 e. The van der Waals surface area contributed by atoms with Crippen LogP contribution in [0.5, 0.6) is 0 Å². The van der Waals surface area contributed by atoms with E-state index in [4.69, 9.17) is 4.74 Å². The van der Waals surface area contributed by atoms with E-state index < -0.39 is 18.1 Å². The molecule has 3 amide bonds. The van der Waals surface area contributed by atoms with Gasteiger partial charge in [-0.3, -0.25) is 19.1 Å². The number of carbonyl (C=O) groups excluding carboxylic acids is 4. The fourth-order valence-corrected chi connectivity index (χ4v) is 5.38. The summed E-state index contributed by atoms with van der Waals surface area (Å²) in [6, 6.07) is -0.175. The average molecular weight is 504 g/mol. The lowest BCUT2D eigenvalue weighted by molar-refractivity contribution is -0.153. The Morgan fingerprint density at radius 2 is 1.89 bits per heavy atom. The topological polar surface area (TPSA) is 140 Å². The first kappa shape index (κ1) is 24.8. The minimum atomic E-state index is -0.845. The Balaban J connectivity index is 1.59. The van der Waals surface area contributed by atoms with E-state index in [9.17, 15) is 19.2 Å². The van der Waals surface area contributed by atoms with Crippen LogP contribution in [-0.2, 0) is 21.4 Å². The van der Waals surface area contributed by atoms with E-state index in [0.29, 0.717) is 47.8 Å². The lowest BCUT2D eigenvalue weighted by Gasteiger charge is -2.40. The van der Waals surface area contributed by atoms with Crippen LogP contribution in [-0.4, -0.2) is 91.2 Å². The van der Waals surface area contributed by atoms with Crippen molar-refractivity contribution >= 4 is 35.2 Å². The molecule has 4 heterocycles. The van der Waals surface area contributed by atoms with Crippen LogP contribution in [0.25, 0.3) is 0 Å². The van der Waals surface area contributed by atoms with Crippen molar-refractivity contribution in [3.8, 4) is 0 Å². The molecule has 3 unspecified atom stereocenters. The van der Waals surface area contributed by atoms with Gasteiger partial charge in [-0.15, -0.1) is 5.10 Å². The summed E-state index contributed by atoms with van der Waals surface area (Å²) in [6.45, 7) is 4.18. The van der Waals surface area contributed by atoms with Crippen LogP contribution in [0.15, 0.2) is 6.07 Å². The molecule has 2 aromatic rings. The molecule has 2 aliphatic rings. The van der Waals surface area contributed by atoms with Gasteiger partial charge in [-0.25, -0.2) is 4.79 Å². The van der Waals surface area contributed by atoms with Gasteiger partial charge < -0.3 is 19.9 Å². The van der Waals surface area contributed by atoms with Crippen LogP contribution >= 0.6 is 11.5 Å². The molecule has 2 aromatic heterocycles. The van der Waals surface area contributed by atoms with Crippen LogP contribution in [0.4, 0.5) is 0 Å². The average Bonchev–Trinajstić information content (AvgIpc) is 3.57. The number of amides is 3. The molecule has 0 spiro atoms. The fourth-order valence-electron chi connectivity index (χ4n) is 4.83. The van der Waals surface area contributed by atoms with Crippen LogP contribution in [0, 0.1) is 13.8 Å². The Hall–Kier alpha value is -3.35. The number of rotatable bonds is 5. The quantitative estimate of drug-likeness (QED) is 0.581. The Morgan fingerprint density at radius 3 is 2.51 bits per heavy atom. The largest absolute Gasteiger partial charge is 0.467 e. The lowest BCUT2D eigenvalue weighted by atomic mass is 9.95. The smallest absolute Gasteiger partial charge is 0.328 e. The molecular weight excluding hydrogens is 474 g/mol. The Bertz CT molecular complexity index is 1150. The minimum absolute atomic E-state index is 0.225. The fraction of sp³-hybridized carbons (Fsp3) is 0.591. The third-order valence-corrected chi connectivity index (χ3v) is 7.40. The number of carbonyl (C=O) groups is 4. The number of esters is 1. The van der Waals surface area contributed by atoms with Crippen molar-refractivity contribution in [1.29, 1.82) is 0 Å². The molecule has 0 radical (unpaired) electrons. The monoisotopic (exact) mass is 503 g/mol. The molecule has 0 aromatic carbocycles. The zero-order valence-corrected chi connectivity index (χ0v) is 21.0. The van der Waals surface area contributed by atoms with Crippen LogP contribution in [0.1, 0.15) is 57.2 Å². The number of aryl methyl sites for hydroxylation is 3. The summed E-state index contributed by atoms with van der Waals surface area (Å²) in [6.07, 6.45) is 1.88. The van der Waals surface area contributed by atoms with Crippen molar-refractivity contribution in [1.82, 2.24) is 34.5 Å². The Labute approximate surface area is 206 Å². The summed E-state index contributed by atoms with van der Waals surface area (Å²) >= 11 is 1.01. The number of nitrogens with zero attached hydrogens (tertiary/aromatic N) is 6. The zero-order chi connectivity index (χ0) is 25.3. The molecule has 4 rings (SSSR count). The van der Waals surface area contributed by atoms with Gasteiger partial charge in [0, 0.05) is 26.2 Å². The van der Waals surface area contributed by atoms with Gasteiger partial charge in [0.1, 0.15) is 22.7 Å². The highest BCUT2D eigenvalue weighted by molar-refractivity contribution is 7.08. The predicted molar refractivity (Wildman–Crippen MR) is 125 cm³/mol. The van der Waals surface area contributed by atoms with Crippen LogP contribution in [0.3, 0.4) is 0 Å². The third-order valence-electron chi connectivity index (χ3n) is 6.57. The number of hydrogen-bond donors (Lipinski definition) is 1. The van der Waals surface area contributed by atoms with Gasteiger partial charge in [0.05, 0.1) is 18.5 Å². The maximum Gasteiger partial charge on any atom is 0.328 e. The molecule has 1 N–H and O–H groups in total. The van der Waals surface area contributed by atoms with Crippen molar-refractivity contribution in [3.05, 3.63) is 28.0 Å². The van der Waals surface area contributed by atoms with E-state index in [1.54, 1.807) is 27.0 Å². The number of nitrogens with one attached hydrogen (secondary N) is 1. The van der Waals surface area contributed by atoms with E-state index in [1.807, 2.05) is 0 Å². The van der Waals surface area contributed by atoms with E-state index >= 15 is 0 Å². The van der Waals surface area contributed by atoms with Gasteiger partial charge in [-0.05, 0) is 57.1 Å². The second kappa shape index (κ2) is 10.1. The van der Waals surface area contributed by atoms with Crippen molar-refractivity contribution in [3.63, 3.8) is 0 Å². The summed E-state index contributed by atoms with van der Waals surface area (Å²) in [4.78, 5) is 55.8. The molecule has 188 valence electrons. The van der Waals surface area contributed by atoms with Gasteiger partial charge >= 0.3 is 5.97 Å². The summed E-state index contributed by atoms with van der Waals surface area (Å²) < 4.78 is 10.2. The lowest BCUT2D eigenvalue weighted by Crippen LogP contribution is -2.59. The highest BCUT2D eigenvalue weighted by atomic mass is 32.1. The van der Waals surface area contributed by atoms with Gasteiger partial charge in [-0.1, -0.05) is 4.49 Å². The Morgan fingerprint density at radius 1 is 1.11 bits per heavy atom. The maximum atomic E-state index is 13.8. The highest BCUT2D eigenvalue weighted by Crippen LogP contribution is 2.27. The van der Waals surface area contributed by atoms with Gasteiger partial charge in [-0.2, -0.15) is 5.10 Å². The summed E-state index contributed by atoms with van der Waals surface area (Å²) in [5.41, 5.74) is 1.61. The number of methoxy groups -OCH3 is 1. The van der Waals surface area contributed by atoms with E-state index in [1.165, 1.54) is 21.6 Å². The van der Waals surface area contributed by atoms with Gasteiger partial charge in [0.25, 0.3) is 11.8 Å². The maximum absolute atomic E-state index is 13.8. The third kappa shape index (κ3) is 4.90. The molecule has 2 aliphatic heterocycles. The molecule has 35 heavy (non-hydrogen) atoms.